The molecule has 4 rings (SSSR count). The zero-order valence-electron chi connectivity index (χ0n) is 25.4. The number of unbranched alkanes of at least 4 members (excludes halogenated alkanes) is 7. The maximum Gasteiger partial charge on any atom is 0.267 e. The molecule has 2 heterocycles. The minimum absolute atomic E-state index is 0.0489. The van der Waals surface area contributed by atoms with Gasteiger partial charge in [0.15, 0.2) is 6.10 Å². The second-order valence-electron chi connectivity index (χ2n) is 14.0. The number of hydrogen-bond donors (Lipinski definition) is 4. The van der Waals surface area contributed by atoms with Gasteiger partial charge in [-0.05, 0) is 62.7 Å². The van der Waals surface area contributed by atoms with E-state index >= 15 is 0 Å². The Morgan fingerprint density at radius 2 is 1.49 bits per heavy atom. The molecular weight excluding hydrogens is 546 g/mol. The van der Waals surface area contributed by atoms with Crippen molar-refractivity contribution in [1.29, 1.82) is 0 Å². The number of fused-ring (bicyclic) bond motifs is 1. The zero-order chi connectivity index (χ0) is 30.0. The van der Waals surface area contributed by atoms with Gasteiger partial charge in [-0.25, -0.2) is 12.7 Å². The van der Waals surface area contributed by atoms with Crippen LogP contribution in [0.2, 0.25) is 0 Å². The lowest BCUT2D eigenvalue weighted by Crippen LogP contribution is -2.50. The van der Waals surface area contributed by atoms with Crippen molar-refractivity contribution in [3.8, 4) is 0 Å². The van der Waals surface area contributed by atoms with Crippen LogP contribution in [0.5, 0.6) is 0 Å². The van der Waals surface area contributed by atoms with Gasteiger partial charge in [0, 0.05) is 5.41 Å². The van der Waals surface area contributed by atoms with Gasteiger partial charge >= 0.3 is 0 Å². The lowest BCUT2D eigenvalue weighted by Gasteiger charge is -2.37. The first-order valence-electron chi connectivity index (χ1n) is 16.3. The molecule has 41 heavy (non-hydrogen) atoms. The van der Waals surface area contributed by atoms with Crippen molar-refractivity contribution in [2.45, 2.75) is 166 Å². The van der Waals surface area contributed by atoms with Gasteiger partial charge in [0.05, 0.1) is 42.3 Å². The number of aliphatic hydroxyl groups is 4. The van der Waals surface area contributed by atoms with Crippen molar-refractivity contribution in [3.63, 3.8) is 0 Å². The monoisotopic (exact) mass is 601 g/mol. The average molecular weight is 602 g/mol. The Morgan fingerprint density at radius 1 is 0.878 bits per heavy atom. The first kappa shape index (κ1) is 33.1. The maximum atomic E-state index is 13.4. The summed E-state index contributed by atoms with van der Waals surface area (Å²) >= 11 is 0. The molecule has 9 nitrogen and oxygen atoms in total. The van der Waals surface area contributed by atoms with E-state index in [-0.39, 0.29) is 24.0 Å². The van der Waals surface area contributed by atoms with Gasteiger partial charge in [-0.1, -0.05) is 72.1 Å². The molecule has 0 aromatic carbocycles. The number of aliphatic hydroxyl groups excluding tert-OH is 4. The molecule has 2 saturated carbocycles. The number of nitrogens with zero attached hydrogens (tertiary/aromatic N) is 1. The molecule has 0 unspecified atom stereocenters. The molecular formula is C31H55NO8S. The molecule has 0 radical (unpaired) electrons. The highest BCUT2D eigenvalue weighted by atomic mass is 32.2. The minimum atomic E-state index is -3.84. The molecule has 10 heteroatoms. The Kier molecular flexibility index (Phi) is 10.9. The third kappa shape index (κ3) is 6.68. The normalized spacial score (nSPS) is 34.5. The van der Waals surface area contributed by atoms with E-state index in [1.165, 1.54) is 32.1 Å². The highest BCUT2D eigenvalue weighted by molar-refractivity contribution is 7.90. The van der Waals surface area contributed by atoms with Crippen LogP contribution >= 0.6 is 0 Å². The van der Waals surface area contributed by atoms with Crippen molar-refractivity contribution < 1.29 is 38.4 Å². The van der Waals surface area contributed by atoms with Crippen LogP contribution < -0.4 is 0 Å². The van der Waals surface area contributed by atoms with E-state index in [1.54, 1.807) is 0 Å². The van der Waals surface area contributed by atoms with Gasteiger partial charge in [0.2, 0.25) is 10.0 Å². The summed E-state index contributed by atoms with van der Waals surface area (Å²) in [5.74, 6) is -0.492. The molecule has 9 atom stereocenters. The van der Waals surface area contributed by atoms with Crippen molar-refractivity contribution >= 4 is 15.9 Å². The lowest BCUT2D eigenvalue weighted by atomic mass is 9.69. The number of sulfonamides is 1. The summed E-state index contributed by atoms with van der Waals surface area (Å²) < 4.78 is 33.3. The number of carbonyl (C=O) groups is 1. The van der Waals surface area contributed by atoms with E-state index in [2.05, 4.69) is 20.8 Å². The third-order valence-electron chi connectivity index (χ3n) is 11.3. The molecule has 0 aromatic rings. The van der Waals surface area contributed by atoms with E-state index in [0.717, 1.165) is 36.4 Å². The van der Waals surface area contributed by atoms with Gasteiger partial charge < -0.3 is 25.2 Å². The van der Waals surface area contributed by atoms with E-state index in [4.69, 9.17) is 4.74 Å². The Morgan fingerprint density at radius 3 is 2.15 bits per heavy atom. The highest BCUT2D eigenvalue weighted by Gasteiger charge is 2.72. The predicted molar refractivity (Wildman–Crippen MR) is 156 cm³/mol. The van der Waals surface area contributed by atoms with Gasteiger partial charge in [-0.2, -0.15) is 0 Å². The second-order valence-corrected chi connectivity index (χ2v) is 15.9. The van der Waals surface area contributed by atoms with Crippen molar-refractivity contribution in [2.24, 2.45) is 16.7 Å². The molecule has 2 aliphatic carbocycles. The van der Waals surface area contributed by atoms with Gasteiger partial charge in [-0.3, -0.25) is 4.79 Å². The van der Waals surface area contributed by atoms with Gasteiger partial charge in [0.25, 0.3) is 5.91 Å². The smallest absolute Gasteiger partial charge is 0.267 e. The fraction of sp³-hybridized carbons (Fsp3) is 0.968. The average Bonchev–Trinajstić information content (AvgIpc) is 3.62. The van der Waals surface area contributed by atoms with Gasteiger partial charge in [-0.15, -0.1) is 0 Å². The Bertz CT molecular complexity index is 989. The van der Waals surface area contributed by atoms with Crippen LogP contribution in [0.3, 0.4) is 0 Å². The molecule has 1 spiro atoms. The van der Waals surface area contributed by atoms with Crippen LogP contribution in [0.4, 0.5) is 0 Å². The Hall–Kier alpha value is -0.780. The summed E-state index contributed by atoms with van der Waals surface area (Å²) in [4.78, 5) is 13.4. The molecule has 4 fully saturated rings. The topological polar surface area (TPSA) is 145 Å². The molecule has 2 aliphatic heterocycles. The predicted octanol–water partition coefficient (Wildman–Crippen LogP) is 3.66. The van der Waals surface area contributed by atoms with E-state index in [1.807, 2.05) is 0 Å². The van der Waals surface area contributed by atoms with Gasteiger partial charge in [0.1, 0.15) is 0 Å². The summed E-state index contributed by atoms with van der Waals surface area (Å²) in [7, 11) is -3.84. The highest BCUT2D eigenvalue weighted by Crippen LogP contribution is 2.70. The van der Waals surface area contributed by atoms with Crippen LogP contribution in [0.25, 0.3) is 0 Å². The molecule has 238 valence electrons. The van der Waals surface area contributed by atoms with Crippen molar-refractivity contribution in [2.75, 3.05) is 5.75 Å². The second kappa shape index (κ2) is 13.5. The van der Waals surface area contributed by atoms with Crippen LogP contribution in [0.1, 0.15) is 124 Å². The molecule has 2 saturated heterocycles. The SMILES string of the molecule is CCCCCCCCCC[C@H](O)[C@@H](O)CC[C@H](O)[C@@H]1CC[C@H]([C@H](O)C(=O)N2[C@H]3C[C@@H]4CC[C@@]3(CS2(=O)=O)C4(C)C)O1. The van der Waals surface area contributed by atoms with E-state index < -0.39 is 64.0 Å². The molecule has 4 aliphatic rings. The van der Waals surface area contributed by atoms with E-state index in [0.29, 0.717) is 31.6 Å². The van der Waals surface area contributed by atoms with Crippen LogP contribution in [0.15, 0.2) is 0 Å². The summed E-state index contributed by atoms with van der Waals surface area (Å²) in [6, 6.07) is -0.412. The quantitative estimate of drug-likeness (QED) is 0.196. The minimum Gasteiger partial charge on any atom is -0.390 e. The largest absolute Gasteiger partial charge is 0.390 e. The molecule has 1 amide bonds. The summed E-state index contributed by atoms with van der Waals surface area (Å²) in [6.45, 7) is 6.43. The standard InChI is InChI=1S/C31H55NO8S/c1-4-5-6-7-8-9-10-11-12-22(33)23(34)13-14-24(35)25-15-16-26(40-25)28(36)29(37)32-27-19-21-17-18-31(27,30(21,2)3)20-41(32,38)39/h21-28,33-36H,4-20H2,1-3H3/t21-,22-,23-,24-,25-,26+,27-,28-,31-/m0/s1. The summed E-state index contributed by atoms with van der Waals surface area (Å²) in [5.41, 5.74) is -0.628. The first-order chi connectivity index (χ1) is 19.4. The number of carbonyl (C=O) groups excluding carboxylic acids is 1. The third-order valence-corrected chi connectivity index (χ3v) is 13.2. The van der Waals surface area contributed by atoms with Crippen molar-refractivity contribution in [1.82, 2.24) is 4.31 Å². The number of ether oxygens (including phenoxy) is 1. The number of amides is 1. The zero-order valence-corrected chi connectivity index (χ0v) is 26.2. The maximum absolute atomic E-state index is 13.4. The fourth-order valence-corrected chi connectivity index (χ4v) is 11.0. The van der Waals surface area contributed by atoms with Crippen LogP contribution in [0, 0.1) is 16.7 Å². The van der Waals surface area contributed by atoms with E-state index in [9.17, 15) is 33.6 Å². The van der Waals surface area contributed by atoms with Crippen LogP contribution in [-0.4, -0.2) is 87.5 Å². The molecule has 2 bridgehead atoms. The number of hydrogen-bond acceptors (Lipinski definition) is 8. The molecule has 4 N–H and O–H groups in total. The fourth-order valence-electron chi connectivity index (χ4n) is 8.47. The first-order valence-corrected chi connectivity index (χ1v) is 17.9. The lowest BCUT2D eigenvalue weighted by molar-refractivity contribution is -0.148. The Labute approximate surface area is 247 Å². The van der Waals surface area contributed by atoms with Crippen molar-refractivity contribution in [3.05, 3.63) is 0 Å². The summed E-state index contributed by atoms with van der Waals surface area (Å²) in [6.07, 6.45) is 7.61. The Balaban J connectivity index is 1.20. The van der Waals surface area contributed by atoms with Crippen LogP contribution in [-0.2, 0) is 19.6 Å². The number of rotatable bonds is 16. The summed E-state index contributed by atoms with van der Waals surface area (Å²) in [5, 5.41) is 42.4. The molecule has 0 aromatic heterocycles.